The van der Waals surface area contributed by atoms with E-state index in [4.69, 9.17) is 4.98 Å². The summed E-state index contributed by atoms with van der Waals surface area (Å²) in [4.78, 5) is 27.3. The summed E-state index contributed by atoms with van der Waals surface area (Å²) in [5, 5.41) is 3.03. The molecule has 6 heteroatoms. The summed E-state index contributed by atoms with van der Waals surface area (Å²) in [5.74, 6) is 1.28. The molecule has 1 unspecified atom stereocenters. The Hall–Kier alpha value is -3.28. The third-order valence-electron chi connectivity index (χ3n) is 4.13. The standard InChI is InChI=1S/C21H23N5O/c1-15(27)23-18(12-16-8-5-4-6-9-16)19-13-20(26(2)3)25-21(24-19)17-10-7-11-22-14-17/h4-11,13-14,18H,12H2,1-3H3,(H,23,27). The number of rotatable bonds is 6. The van der Waals surface area contributed by atoms with Crippen molar-refractivity contribution in [1.29, 1.82) is 0 Å². The van der Waals surface area contributed by atoms with Gasteiger partial charge in [-0.3, -0.25) is 9.78 Å². The van der Waals surface area contributed by atoms with Gasteiger partial charge in [-0.15, -0.1) is 0 Å². The highest BCUT2D eigenvalue weighted by atomic mass is 16.1. The predicted octanol–water partition coefficient (Wildman–Crippen LogP) is 3.02. The monoisotopic (exact) mass is 361 g/mol. The summed E-state index contributed by atoms with van der Waals surface area (Å²) in [6.45, 7) is 1.52. The van der Waals surface area contributed by atoms with E-state index in [0.717, 1.165) is 22.6 Å². The molecule has 1 aromatic carbocycles. The summed E-state index contributed by atoms with van der Waals surface area (Å²) in [7, 11) is 3.87. The van der Waals surface area contributed by atoms with E-state index in [1.54, 1.807) is 12.4 Å². The molecule has 3 aromatic rings. The zero-order chi connectivity index (χ0) is 19.2. The van der Waals surface area contributed by atoms with Crippen molar-refractivity contribution in [1.82, 2.24) is 20.3 Å². The van der Waals surface area contributed by atoms with Gasteiger partial charge in [0.15, 0.2) is 5.82 Å². The Morgan fingerprint density at radius 1 is 1.11 bits per heavy atom. The molecular formula is C21H23N5O. The van der Waals surface area contributed by atoms with Crippen LogP contribution in [-0.2, 0) is 11.2 Å². The maximum Gasteiger partial charge on any atom is 0.217 e. The van der Waals surface area contributed by atoms with Gasteiger partial charge < -0.3 is 10.2 Å². The van der Waals surface area contributed by atoms with Gasteiger partial charge in [-0.1, -0.05) is 30.3 Å². The van der Waals surface area contributed by atoms with E-state index in [1.807, 2.05) is 67.5 Å². The fraction of sp³-hybridized carbons (Fsp3) is 0.238. The van der Waals surface area contributed by atoms with Crippen LogP contribution < -0.4 is 10.2 Å². The molecule has 27 heavy (non-hydrogen) atoms. The largest absolute Gasteiger partial charge is 0.363 e. The molecule has 0 aliphatic rings. The van der Waals surface area contributed by atoms with Gasteiger partial charge in [0.2, 0.25) is 5.91 Å². The van der Waals surface area contributed by atoms with Crippen molar-refractivity contribution in [3.63, 3.8) is 0 Å². The molecule has 0 saturated heterocycles. The lowest BCUT2D eigenvalue weighted by Gasteiger charge is -2.21. The van der Waals surface area contributed by atoms with Crippen LogP contribution in [0.25, 0.3) is 11.4 Å². The molecule has 6 nitrogen and oxygen atoms in total. The lowest BCUT2D eigenvalue weighted by atomic mass is 10.0. The van der Waals surface area contributed by atoms with Crippen LogP contribution in [0.2, 0.25) is 0 Å². The minimum absolute atomic E-state index is 0.0936. The molecule has 0 aliphatic heterocycles. The Kier molecular flexibility index (Phi) is 5.76. The minimum atomic E-state index is -0.248. The van der Waals surface area contributed by atoms with Crippen molar-refractivity contribution < 1.29 is 4.79 Å². The van der Waals surface area contributed by atoms with E-state index in [-0.39, 0.29) is 11.9 Å². The second-order valence-electron chi connectivity index (χ2n) is 6.55. The van der Waals surface area contributed by atoms with Crippen LogP contribution in [0, 0.1) is 0 Å². The Morgan fingerprint density at radius 3 is 2.52 bits per heavy atom. The van der Waals surface area contributed by atoms with Gasteiger partial charge in [-0.05, 0) is 24.1 Å². The summed E-state index contributed by atoms with van der Waals surface area (Å²) in [6, 6.07) is 15.5. The molecule has 0 radical (unpaired) electrons. The number of hydrogen-bond acceptors (Lipinski definition) is 5. The number of carbonyl (C=O) groups excluding carboxylic acids is 1. The zero-order valence-corrected chi connectivity index (χ0v) is 15.8. The van der Waals surface area contributed by atoms with E-state index in [9.17, 15) is 4.79 Å². The van der Waals surface area contributed by atoms with Gasteiger partial charge in [0.1, 0.15) is 5.82 Å². The number of benzene rings is 1. The summed E-state index contributed by atoms with van der Waals surface area (Å²) in [5.41, 5.74) is 2.74. The van der Waals surface area contributed by atoms with Crippen LogP contribution in [0.4, 0.5) is 5.82 Å². The third-order valence-corrected chi connectivity index (χ3v) is 4.13. The highest BCUT2D eigenvalue weighted by molar-refractivity contribution is 5.73. The minimum Gasteiger partial charge on any atom is -0.363 e. The van der Waals surface area contributed by atoms with Crippen molar-refractivity contribution in [3.8, 4) is 11.4 Å². The summed E-state index contributed by atoms with van der Waals surface area (Å²) < 4.78 is 0. The number of anilines is 1. The fourth-order valence-corrected chi connectivity index (χ4v) is 2.81. The molecule has 1 amide bonds. The Morgan fingerprint density at radius 2 is 1.89 bits per heavy atom. The van der Waals surface area contributed by atoms with Crippen LogP contribution in [-0.4, -0.2) is 35.0 Å². The molecule has 0 bridgehead atoms. The van der Waals surface area contributed by atoms with Crippen molar-refractivity contribution in [2.45, 2.75) is 19.4 Å². The maximum atomic E-state index is 11.8. The highest BCUT2D eigenvalue weighted by Crippen LogP contribution is 2.24. The highest BCUT2D eigenvalue weighted by Gasteiger charge is 2.18. The topological polar surface area (TPSA) is 71.0 Å². The van der Waals surface area contributed by atoms with Crippen molar-refractivity contribution in [2.24, 2.45) is 0 Å². The number of carbonyl (C=O) groups is 1. The van der Waals surface area contributed by atoms with Crippen molar-refractivity contribution >= 4 is 11.7 Å². The average Bonchev–Trinajstić information content (AvgIpc) is 2.68. The van der Waals surface area contributed by atoms with Gasteiger partial charge in [0.25, 0.3) is 0 Å². The van der Waals surface area contributed by atoms with Crippen LogP contribution in [0.15, 0.2) is 60.9 Å². The molecule has 0 aliphatic carbocycles. The number of aromatic nitrogens is 3. The normalized spacial score (nSPS) is 11.7. The van der Waals surface area contributed by atoms with Gasteiger partial charge in [0, 0.05) is 45.0 Å². The zero-order valence-electron chi connectivity index (χ0n) is 15.8. The van der Waals surface area contributed by atoms with Crippen LogP contribution in [0.3, 0.4) is 0 Å². The number of nitrogens with zero attached hydrogens (tertiary/aromatic N) is 4. The summed E-state index contributed by atoms with van der Waals surface area (Å²) >= 11 is 0. The van der Waals surface area contributed by atoms with Gasteiger partial charge in [-0.25, -0.2) is 9.97 Å². The van der Waals surface area contributed by atoms with Crippen LogP contribution in [0.1, 0.15) is 24.2 Å². The SMILES string of the molecule is CC(=O)NC(Cc1ccccc1)c1cc(N(C)C)nc(-c2cccnc2)n1. The Labute approximate surface area is 159 Å². The molecule has 138 valence electrons. The first-order chi connectivity index (χ1) is 13.0. The first-order valence-corrected chi connectivity index (χ1v) is 8.80. The van der Waals surface area contributed by atoms with E-state index in [0.29, 0.717) is 12.2 Å². The van der Waals surface area contributed by atoms with E-state index in [1.165, 1.54) is 6.92 Å². The number of amides is 1. The Bertz CT molecular complexity index is 897. The van der Waals surface area contributed by atoms with Gasteiger partial charge in [-0.2, -0.15) is 0 Å². The lowest BCUT2D eigenvalue weighted by molar-refractivity contribution is -0.119. The fourth-order valence-electron chi connectivity index (χ4n) is 2.81. The quantitative estimate of drug-likeness (QED) is 0.731. The average molecular weight is 361 g/mol. The summed E-state index contributed by atoms with van der Waals surface area (Å²) in [6.07, 6.45) is 4.11. The van der Waals surface area contributed by atoms with E-state index in [2.05, 4.69) is 15.3 Å². The molecule has 1 atom stereocenters. The van der Waals surface area contributed by atoms with E-state index < -0.39 is 0 Å². The van der Waals surface area contributed by atoms with Crippen molar-refractivity contribution in [2.75, 3.05) is 19.0 Å². The third kappa shape index (κ3) is 4.88. The van der Waals surface area contributed by atoms with Gasteiger partial charge >= 0.3 is 0 Å². The molecule has 0 saturated carbocycles. The predicted molar refractivity (Wildman–Crippen MR) is 106 cm³/mol. The molecular weight excluding hydrogens is 338 g/mol. The molecule has 2 heterocycles. The van der Waals surface area contributed by atoms with Crippen molar-refractivity contribution in [3.05, 3.63) is 72.2 Å². The number of nitrogens with one attached hydrogen (secondary N) is 1. The molecule has 2 aromatic heterocycles. The Balaban J connectivity index is 2.04. The lowest BCUT2D eigenvalue weighted by Crippen LogP contribution is -2.29. The second-order valence-corrected chi connectivity index (χ2v) is 6.55. The van der Waals surface area contributed by atoms with Gasteiger partial charge in [0.05, 0.1) is 11.7 Å². The second kappa shape index (κ2) is 8.40. The molecule has 0 spiro atoms. The van der Waals surface area contributed by atoms with E-state index >= 15 is 0 Å². The molecule has 1 N–H and O–H groups in total. The first kappa shape index (κ1) is 18.5. The first-order valence-electron chi connectivity index (χ1n) is 8.80. The molecule has 3 rings (SSSR count). The number of hydrogen-bond donors (Lipinski definition) is 1. The molecule has 0 fully saturated rings. The maximum absolute atomic E-state index is 11.8. The number of pyridine rings is 1. The van der Waals surface area contributed by atoms with Crippen LogP contribution >= 0.6 is 0 Å². The smallest absolute Gasteiger partial charge is 0.217 e. The van der Waals surface area contributed by atoms with Crippen LogP contribution in [0.5, 0.6) is 0 Å².